The predicted molar refractivity (Wildman–Crippen MR) is 78.3 cm³/mol. The van der Waals surface area contributed by atoms with Gasteiger partial charge in [-0.05, 0) is 39.7 Å². The van der Waals surface area contributed by atoms with E-state index in [1.54, 1.807) is 0 Å². The molecule has 1 aromatic heterocycles. The first-order chi connectivity index (χ1) is 8.60. The summed E-state index contributed by atoms with van der Waals surface area (Å²) in [5, 5.41) is 4.59. The summed E-state index contributed by atoms with van der Waals surface area (Å²) in [6.45, 7) is 8.37. The van der Waals surface area contributed by atoms with Crippen LogP contribution in [0.3, 0.4) is 0 Å². The normalized spacial score (nSPS) is 21.6. The second-order valence-corrected chi connectivity index (χ2v) is 5.95. The third kappa shape index (κ3) is 3.10. The van der Waals surface area contributed by atoms with Gasteiger partial charge < -0.3 is 9.73 Å². The highest BCUT2D eigenvalue weighted by molar-refractivity contribution is 8.13. The van der Waals surface area contributed by atoms with E-state index in [0.29, 0.717) is 6.04 Å². The lowest BCUT2D eigenvalue weighted by molar-refractivity contribution is 0.497. The van der Waals surface area contributed by atoms with Gasteiger partial charge in [-0.15, -0.1) is 0 Å². The van der Waals surface area contributed by atoms with Crippen molar-refractivity contribution < 1.29 is 4.42 Å². The average Bonchev–Trinajstić information content (AvgIpc) is 2.69. The lowest BCUT2D eigenvalue weighted by Gasteiger charge is -2.22. The Morgan fingerprint density at radius 3 is 2.94 bits per heavy atom. The first-order valence-corrected chi connectivity index (χ1v) is 7.62. The third-order valence-corrected chi connectivity index (χ3v) is 4.28. The van der Waals surface area contributed by atoms with E-state index in [4.69, 9.17) is 9.41 Å². The lowest BCUT2D eigenvalue weighted by Crippen LogP contribution is -2.29. The minimum absolute atomic E-state index is 0.254. The Kier molecular flexibility index (Phi) is 4.38. The van der Waals surface area contributed by atoms with Crippen LogP contribution in [0.4, 0.5) is 0 Å². The molecule has 0 fully saturated rings. The van der Waals surface area contributed by atoms with E-state index in [2.05, 4.69) is 25.2 Å². The summed E-state index contributed by atoms with van der Waals surface area (Å²) in [6, 6.07) is 2.86. The summed E-state index contributed by atoms with van der Waals surface area (Å²) in [5.74, 6) is 3.14. The highest BCUT2D eigenvalue weighted by Gasteiger charge is 2.18. The molecule has 100 valence electrons. The number of furan rings is 1. The van der Waals surface area contributed by atoms with Gasteiger partial charge in [0, 0.05) is 11.3 Å². The molecule has 0 bridgehead atoms. The van der Waals surface area contributed by atoms with Crippen molar-refractivity contribution in [3.63, 3.8) is 0 Å². The topological polar surface area (TPSA) is 37.5 Å². The number of hydrogen-bond acceptors (Lipinski definition) is 4. The van der Waals surface area contributed by atoms with Gasteiger partial charge in [-0.25, -0.2) is 0 Å². The van der Waals surface area contributed by atoms with E-state index < -0.39 is 0 Å². The van der Waals surface area contributed by atoms with Crippen molar-refractivity contribution in [1.29, 1.82) is 0 Å². The van der Waals surface area contributed by atoms with Gasteiger partial charge in [-0.1, -0.05) is 18.7 Å². The Morgan fingerprint density at radius 1 is 1.56 bits per heavy atom. The van der Waals surface area contributed by atoms with E-state index in [1.807, 2.05) is 25.6 Å². The van der Waals surface area contributed by atoms with Gasteiger partial charge in [0.25, 0.3) is 0 Å². The van der Waals surface area contributed by atoms with Crippen molar-refractivity contribution in [2.24, 2.45) is 4.99 Å². The monoisotopic (exact) mass is 266 g/mol. The fourth-order valence-electron chi connectivity index (χ4n) is 2.28. The summed E-state index contributed by atoms with van der Waals surface area (Å²) >= 11 is 1.83. The first-order valence-electron chi connectivity index (χ1n) is 6.64. The van der Waals surface area contributed by atoms with Gasteiger partial charge in [0.05, 0.1) is 12.1 Å². The quantitative estimate of drug-likeness (QED) is 0.903. The molecule has 0 aliphatic carbocycles. The van der Waals surface area contributed by atoms with Gasteiger partial charge >= 0.3 is 0 Å². The average molecular weight is 266 g/mol. The van der Waals surface area contributed by atoms with Crippen molar-refractivity contribution in [3.05, 3.63) is 23.2 Å². The molecule has 0 saturated heterocycles. The molecule has 1 aromatic rings. The van der Waals surface area contributed by atoms with Crippen LogP contribution in [0.1, 0.15) is 49.8 Å². The Labute approximate surface area is 113 Å². The van der Waals surface area contributed by atoms with Crippen LogP contribution < -0.4 is 5.32 Å². The third-order valence-electron chi connectivity index (χ3n) is 3.35. The highest BCUT2D eigenvalue weighted by Crippen LogP contribution is 2.24. The van der Waals surface area contributed by atoms with Crippen molar-refractivity contribution >= 4 is 16.9 Å². The number of nitrogens with zero attached hydrogens (tertiary/aromatic N) is 1. The van der Waals surface area contributed by atoms with Crippen LogP contribution in [0.2, 0.25) is 0 Å². The number of thioether (sulfide) groups is 1. The molecule has 2 unspecified atom stereocenters. The van der Waals surface area contributed by atoms with Gasteiger partial charge in [0.2, 0.25) is 0 Å². The van der Waals surface area contributed by atoms with Crippen LogP contribution in [0.15, 0.2) is 15.5 Å². The molecule has 1 N–H and O–H groups in total. The highest BCUT2D eigenvalue weighted by atomic mass is 32.2. The first kappa shape index (κ1) is 13.5. The molecular formula is C14H22N2OS. The van der Waals surface area contributed by atoms with Gasteiger partial charge in [0.15, 0.2) is 5.17 Å². The molecule has 0 radical (unpaired) electrons. The summed E-state index contributed by atoms with van der Waals surface area (Å²) < 4.78 is 5.58. The number of nitrogens with one attached hydrogen (secondary N) is 1. The Hall–Kier alpha value is -0.900. The summed E-state index contributed by atoms with van der Waals surface area (Å²) in [4.78, 5) is 4.74. The Bertz CT molecular complexity index is 439. The van der Waals surface area contributed by atoms with Gasteiger partial charge in [-0.2, -0.15) is 0 Å². The van der Waals surface area contributed by atoms with Crippen LogP contribution >= 0.6 is 11.8 Å². The maximum Gasteiger partial charge on any atom is 0.157 e. The molecule has 18 heavy (non-hydrogen) atoms. The van der Waals surface area contributed by atoms with E-state index in [1.165, 1.54) is 17.7 Å². The zero-order valence-electron chi connectivity index (χ0n) is 11.6. The Balaban J connectivity index is 2.05. The largest absolute Gasteiger partial charge is 0.466 e. The standard InChI is InChI=1S/C14H22N2OS/c1-5-12-6-7-18-14(16-12)15-10(3)13-8-9(2)17-11(13)4/h8,10,12H,5-7H2,1-4H3,(H,15,16). The maximum atomic E-state index is 5.58. The van der Waals surface area contributed by atoms with Crippen molar-refractivity contribution in [2.45, 2.75) is 52.6 Å². The van der Waals surface area contributed by atoms with Gasteiger partial charge in [0.1, 0.15) is 11.5 Å². The second-order valence-electron chi connectivity index (χ2n) is 4.87. The summed E-state index contributed by atoms with van der Waals surface area (Å²) in [5.41, 5.74) is 1.23. The molecule has 0 saturated carbocycles. The lowest BCUT2D eigenvalue weighted by atomic mass is 10.1. The van der Waals surface area contributed by atoms with Crippen LogP contribution in [-0.4, -0.2) is 17.0 Å². The molecule has 2 heterocycles. The zero-order valence-corrected chi connectivity index (χ0v) is 12.4. The van der Waals surface area contributed by atoms with Crippen LogP contribution in [0.5, 0.6) is 0 Å². The minimum atomic E-state index is 0.254. The van der Waals surface area contributed by atoms with E-state index >= 15 is 0 Å². The predicted octanol–water partition coefficient (Wildman–Crippen LogP) is 3.82. The van der Waals surface area contributed by atoms with E-state index in [9.17, 15) is 0 Å². The molecule has 3 nitrogen and oxygen atoms in total. The summed E-state index contributed by atoms with van der Waals surface area (Å²) in [6.07, 6.45) is 2.33. The van der Waals surface area contributed by atoms with Crippen LogP contribution in [-0.2, 0) is 0 Å². The molecule has 0 spiro atoms. The number of hydrogen-bond donors (Lipinski definition) is 1. The molecule has 1 aliphatic rings. The molecule has 2 rings (SSSR count). The fraction of sp³-hybridized carbons (Fsp3) is 0.643. The minimum Gasteiger partial charge on any atom is -0.466 e. The number of aryl methyl sites for hydroxylation is 2. The van der Waals surface area contributed by atoms with Gasteiger partial charge in [-0.3, -0.25) is 4.99 Å². The van der Waals surface area contributed by atoms with E-state index in [-0.39, 0.29) is 6.04 Å². The molecule has 2 atom stereocenters. The zero-order chi connectivity index (χ0) is 13.1. The van der Waals surface area contributed by atoms with Crippen LogP contribution in [0.25, 0.3) is 0 Å². The molecule has 1 aliphatic heterocycles. The van der Waals surface area contributed by atoms with Crippen molar-refractivity contribution in [2.75, 3.05) is 5.75 Å². The van der Waals surface area contributed by atoms with Crippen molar-refractivity contribution in [3.8, 4) is 0 Å². The maximum absolute atomic E-state index is 5.58. The SMILES string of the molecule is CCC1CCSC(NC(C)c2cc(C)oc2C)=N1. The van der Waals surface area contributed by atoms with Crippen molar-refractivity contribution in [1.82, 2.24) is 5.32 Å². The number of rotatable bonds is 3. The molecule has 0 amide bonds. The number of aliphatic imine (C=N–C) groups is 1. The smallest absolute Gasteiger partial charge is 0.157 e. The Morgan fingerprint density at radius 2 is 2.33 bits per heavy atom. The van der Waals surface area contributed by atoms with E-state index in [0.717, 1.165) is 23.1 Å². The molecule has 0 aromatic carbocycles. The summed E-state index contributed by atoms with van der Waals surface area (Å²) in [7, 11) is 0. The fourth-order valence-corrected chi connectivity index (χ4v) is 3.34. The molecule has 4 heteroatoms. The number of amidine groups is 1. The second kappa shape index (κ2) is 5.83. The molecular weight excluding hydrogens is 244 g/mol. The van der Waals surface area contributed by atoms with Crippen LogP contribution in [0, 0.1) is 13.8 Å².